The summed E-state index contributed by atoms with van der Waals surface area (Å²) in [5.74, 6) is 0.0994. The fourth-order valence-electron chi connectivity index (χ4n) is 2.25. The summed E-state index contributed by atoms with van der Waals surface area (Å²) in [6.07, 6.45) is 0.877. The molecule has 1 unspecified atom stereocenters. The van der Waals surface area contributed by atoms with Crippen molar-refractivity contribution in [2.75, 3.05) is 6.54 Å². The number of esters is 1. The Morgan fingerprint density at radius 3 is 2.48 bits per heavy atom. The molecule has 5 nitrogen and oxygen atoms in total. The van der Waals surface area contributed by atoms with Crippen molar-refractivity contribution in [3.63, 3.8) is 0 Å². The predicted molar refractivity (Wildman–Crippen MR) is 78.0 cm³/mol. The van der Waals surface area contributed by atoms with Gasteiger partial charge in [0.25, 0.3) is 0 Å². The molecule has 2 rings (SSSR count). The maximum absolute atomic E-state index is 12.2. The number of ether oxygens (including phenoxy) is 2. The van der Waals surface area contributed by atoms with Gasteiger partial charge in [-0.05, 0) is 45.7 Å². The maximum atomic E-state index is 12.2. The minimum Gasteiger partial charge on any atom is -0.458 e. The van der Waals surface area contributed by atoms with Gasteiger partial charge in [0, 0.05) is 6.54 Å². The number of amides is 1. The third-order valence-corrected chi connectivity index (χ3v) is 3.11. The molecule has 5 heteroatoms. The first kappa shape index (κ1) is 15.4. The molecule has 1 saturated heterocycles. The van der Waals surface area contributed by atoms with Crippen molar-refractivity contribution in [2.45, 2.75) is 45.3 Å². The monoisotopic (exact) mass is 291 g/mol. The molecular weight excluding hydrogens is 270 g/mol. The molecule has 1 aromatic carbocycles. The van der Waals surface area contributed by atoms with Gasteiger partial charge in [0.05, 0.1) is 0 Å². The summed E-state index contributed by atoms with van der Waals surface area (Å²) < 4.78 is 10.7. The molecule has 1 aliphatic heterocycles. The second-order valence-electron chi connectivity index (χ2n) is 6.07. The Kier molecular flexibility index (Phi) is 4.50. The van der Waals surface area contributed by atoms with Gasteiger partial charge in [-0.15, -0.1) is 0 Å². The highest BCUT2D eigenvalue weighted by molar-refractivity contribution is 5.83. The highest BCUT2D eigenvalue weighted by Crippen LogP contribution is 2.22. The van der Waals surface area contributed by atoms with Crippen LogP contribution in [0.3, 0.4) is 0 Å². The highest BCUT2D eigenvalue weighted by atomic mass is 16.6. The molecule has 114 valence electrons. The summed E-state index contributed by atoms with van der Waals surface area (Å²) in [5, 5.41) is 0. The number of likely N-dealkylation sites (tertiary alicyclic amines) is 1. The third kappa shape index (κ3) is 4.21. The van der Waals surface area contributed by atoms with Crippen LogP contribution in [-0.4, -0.2) is 35.2 Å². The van der Waals surface area contributed by atoms with E-state index >= 15 is 0 Å². The number of hydrogen-bond acceptors (Lipinski definition) is 4. The average Bonchev–Trinajstić information content (AvgIpc) is 2.87. The average molecular weight is 291 g/mol. The van der Waals surface area contributed by atoms with Crippen LogP contribution in [0.15, 0.2) is 30.3 Å². The van der Waals surface area contributed by atoms with Gasteiger partial charge in [-0.2, -0.15) is 0 Å². The first-order chi connectivity index (χ1) is 9.87. The van der Waals surface area contributed by atoms with E-state index in [1.54, 1.807) is 24.3 Å². The first-order valence-corrected chi connectivity index (χ1v) is 7.13. The van der Waals surface area contributed by atoms with Gasteiger partial charge in [0.2, 0.25) is 0 Å². The molecule has 21 heavy (non-hydrogen) atoms. The molecule has 0 radical (unpaired) electrons. The summed E-state index contributed by atoms with van der Waals surface area (Å²) in [5.41, 5.74) is -0.561. The second kappa shape index (κ2) is 6.16. The van der Waals surface area contributed by atoms with Crippen molar-refractivity contribution < 1.29 is 19.1 Å². The topological polar surface area (TPSA) is 55.8 Å². The van der Waals surface area contributed by atoms with Gasteiger partial charge in [-0.25, -0.2) is 9.59 Å². The van der Waals surface area contributed by atoms with E-state index in [0.717, 1.165) is 6.42 Å². The Bertz CT molecular complexity index is 507. The summed E-state index contributed by atoms with van der Waals surface area (Å²) in [4.78, 5) is 25.8. The van der Waals surface area contributed by atoms with Crippen LogP contribution in [0.25, 0.3) is 0 Å². The van der Waals surface area contributed by atoms with E-state index in [1.807, 2.05) is 26.8 Å². The zero-order valence-corrected chi connectivity index (χ0v) is 12.7. The molecule has 0 N–H and O–H groups in total. The number of carbonyl (C=O) groups excluding carboxylic acids is 2. The highest BCUT2D eigenvalue weighted by Gasteiger charge is 2.37. The number of benzene rings is 1. The number of hydrogen-bond donors (Lipinski definition) is 0. The predicted octanol–water partition coefficient (Wildman–Crippen LogP) is 2.99. The fourth-order valence-corrected chi connectivity index (χ4v) is 2.25. The van der Waals surface area contributed by atoms with E-state index < -0.39 is 17.7 Å². The molecule has 1 amide bonds. The van der Waals surface area contributed by atoms with Crippen LogP contribution in [0.2, 0.25) is 0 Å². The lowest BCUT2D eigenvalue weighted by Crippen LogP contribution is -2.44. The number of para-hydroxylation sites is 1. The van der Waals surface area contributed by atoms with Crippen molar-refractivity contribution in [1.29, 1.82) is 0 Å². The van der Waals surface area contributed by atoms with E-state index in [-0.39, 0.29) is 5.97 Å². The quantitative estimate of drug-likeness (QED) is 0.786. The van der Waals surface area contributed by atoms with Crippen LogP contribution in [-0.2, 0) is 9.53 Å². The molecule has 0 aromatic heterocycles. The van der Waals surface area contributed by atoms with Crippen molar-refractivity contribution in [2.24, 2.45) is 0 Å². The van der Waals surface area contributed by atoms with E-state index in [1.165, 1.54) is 4.90 Å². The van der Waals surface area contributed by atoms with Gasteiger partial charge in [-0.1, -0.05) is 18.2 Å². The molecule has 0 spiro atoms. The lowest BCUT2D eigenvalue weighted by atomic mass is 10.1. The maximum Gasteiger partial charge on any atom is 0.415 e. The summed E-state index contributed by atoms with van der Waals surface area (Å²) >= 11 is 0. The zero-order chi connectivity index (χ0) is 15.5. The van der Waals surface area contributed by atoms with Gasteiger partial charge in [-0.3, -0.25) is 4.90 Å². The second-order valence-corrected chi connectivity index (χ2v) is 6.07. The van der Waals surface area contributed by atoms with E-state index in [9.17, 15) is 9.59 Å². The lowest BCUT2D eigenvalue weighted by molar-refractivity contribution is -0.159. The number of nitrogens with zero attached hydrogens (tertiary/aromatic N) is 1. The van der Waals surface area contributed by atoms with Crippen molar-refractivity contribution in [3.8, 4) is 5.75 Å². The molecule has 0 aliphatic carbocycles. The van der Waals surface area contributed by atoms with Gasteiger partial charge < -0.3 is 9.47 Å². The normalized spacial score (nSPS) is 18.4. The van der Waals surface area contributed by atoms with Crippen molar-refractivity contribution >= 4 is 12.1 Å². The van der Waals surface area contributed by atoms with E-state index in [2.05, 4.69) is 0 Å². The summed E-state index contributed by atoms with van der Waals surface area (Å²) in [6, 6.07) is 8.28. The SMILES string of the molecule is CC(C)(C)OC(=O)C1CCCN1C(=O)Oc1ccccc1. The van der Waals surface area contributed by atoms with Crippen molar-refractivity contribution in [1.82, 2.24) is 4.90 Å². The Hall–Kier alpha value is -2.04. The first-order valence-electron chi connectivity index (χ1n) is 7.13. The van der Waals surface area contributed by atoms with E-state index in [0.29, 0.717) is 18.7 Å². The van der Waals surface area contributed by atoms with Gasteiger partial charge >= 0.3 is 12.1 Å². The van der Waals surface area contributed by atoms with Gasteiger partial charge in [0.1, 0.15) is 17.4 Å². The minimum atomic E-state index is -0.561. The molecule has 0 saturated carbocycles. The Morgan fingerprint density at radius 2 is 1.86 bits per heavy atom. The Labute approximate surface area is 124 Å². The van der Waals surface area contributed by atoms with Crippen LogP contribution in [0.5, 0.6) is 5.75 Å². The van der Waals surface area contributed by atoms with Crippen LogP contribution < -0.4 is 4.74 Å². The summed E-state index contributed by atoms with van der Waals surface area (Å²) in [7, 11) is 0. The minimum absolute atomic E-state index is 0.370. The molecule has 0 bridgehead atoms. The largest absolute Gasteiger partial charge is 0.458 e. The van der Waals surface area contributed by atoms with E-state index in [4.69, 9.17) is 9.47 Å². The standard InChI is InChI=1S/C16H21NO4/c1-16(2,3)21-14(18)13-10-7-11-17(13)15(19)20-12-8-5-4-6-9-12/h4-6,8-9,13H,7,10-11H2,1-3H3. The number of rotatable bonds is 2. The van der Waals surface area contributed by atoms with Crippen LogP contribution in [0.4, 0.5) is 4.79 Å². The van der Waals surface area contributed by atoms with Crippen LogP contribution >= 0.6 is 0 Å². The Balaban J connectivity index is 2.01. The Morgan fingerprint density at radius 1 is 1.19 bits per heavy atom. The third-order valence-electron chi connectivity index (χ3n) is 3.11. The molecule has 1 aliphatic rings. The lowest BCUT2D eigenvalue weighted by Gasteiger charge is -2.26. The fraction of sp³-hybridized carbons (Fsp3) is 0.500. The van der Waals surface area contributed by atoms with Crippen LogP contribution in [0.1, 0.15) is 33.6 Å². The molecule has 1 fully saturated rings. The molecule has 1 heterocycles. The number of carbonyl (C=O) groups is 2. The van der Waals surface area contributed by atoms with Crippen molar-refractivity contribution in [3.05, 3.63) is 30.3 Å². The van der Waals surface area contributed by atoms with Gasteiger partial charge in [0.15, 0.2) is 0 Å². The molecular formula is C16H21NO4. The molecule has 1 atom stereocenters. The molecule has 1 aromatic rings. The smallest absolute Gasteiger partial charge is 0.415 e. The van der Waals surface area contributed by atoms with Crippen LogP contribution in [0, 0.1) is 0 Å². The summed E-state index contributed by atoms with van der Waals surface area (Å²) in [6.45, 7) is 5.95. The zero-order valence-electron chi connectivity index (χ0n) is 12.7.